The predicted octanol–water partition coefficient (Wildman–Crippen LogP) is 2.42. The van der Waals surface area contributed by atoms with E-state index in [2.05, 4.69) is 17.1 Å². The van der Waals surface area contributed by atoms with E-state index in [4.69, 9.17) is 0 Å². The molecule has 17 heavy (non-hydrogen) atoms. The smallest absolute Gasteiger partial charge is 0.263 e. The van der Waals surface area contributed by atoms with Crippen LogP contribution in [0.5, 0.6) is 0 Å². The van der Waals surface area contributed by atoms with Gasteiger partial charge in [0.05, 0.1) is 0 Å². The summed E-state index contributed by atoms with van der Waals surface area (Å²) < 4.78 is 24.8. The highest BCUT2D eigenvalue weighted by Gasteiger charge is 2.15. The molecule has 0 bridgehead atoms. The Morgan fingerprint density at radius 2 is 2.06 bits per heavy atom. The number of nitrogens with one attached hydrogen (secondary N) is 1. The fourth-order valence-electron chi connectivity index (χ4n) is 2.18. The number of alkyl halides is 2. The van der Waals surface area contributed by atoms with E-state index < -0.39 is 6.43 Å². The van der Waals surface area contributed by atoms with Crippen molar-refractivity contribution in [2.45, 2.75) is 25.9 Å². The molecule has 2 rings (SSSR count). The SMILES string of the molecule is C[C@H]1CN(Cc2ccc(C(F)F)cc2)CCN1. The molecule has 0 unspecified atom stereocenters. The molecular formula is C13H18F2N2. The molecular weight excluding hydrogens is 222 g/mol. The lowest BCUT2D eigenvalue weighted by atomic mass is 10.1. The molecule has 1 heterocycles. The minimum Gasteiger partial charge on any atom is -0.312 e. The molecule has 1 aliphatic heterocycles. The van der Waals surface area contributed by atoms with E-state index >= 15 is 0 Å². The molecule has 0 amide bonds. The Kier molecular flexibility index (Phi) is 4.07. The molecule has 0 saturated carbocycles. The summed E-state index contributed by atoms with van der Waals surface area (Å²) in [6.45, 7) is 6.02. The zero-order valence-electron chi connectivity index (χ0n) is 10.00. The molecule has 1 atom stereocenters. The Morgan fingerprint density at radius 3 is 2.65 bits per heavy atom. The minimum atomic E-state index is -2.37. The van der Waals surface area contributed by atoms with Gasteiger partial charge in [-0.2, -0.15) is 0 Å². The normalized spacial score (nSPS) is 22.0. The number of benzene rings is 1. The molecule has 1 N–H and O–H groups in total. The van der Waals surface area contributed by atoms with Crippen LogP contribution in [0.25, 0.3) is 0 Å². The van der Waals surface area contributed by atoms with Crippen LogP contribution in [-0.4, -0.2) is 30.6 Å². The van der Waals surface area contributed by atoms with Crippen molar-refractivity contribution in [2.75, 3.05) is 19.6 Å². The minimum absolute atomic E-state index is 0.0995. The maximum Gasteiger partial charge on any atom is 0.263 e. The third-order valence-corrected chi connectivity index (χ3v) is 3.09. The van der Waals surface area contributed by atoms with Crippen molar-refractivity contribution in [3.63, 3.8) is 0 Å². The van der Waals surface area contributed by atoms with Gasteiger partial charge in [-0.3, -0.25) is 4.90 Å². The summed E-state index contributed by atoms with van der Waals surface area (Å²) >= 11 is 0. The van der Waals surface area contributed by atoms with E-state index in [0.29, 0.717) is 6.04 Å². The van der Waals surface area contributed by atoms with Gasteiger partial charge in [0.1, 0.15) is 0 Å². The van der Waals surface area contributed by atoms with Crippen LogP contribution in [0.1, 0.15) is 24.5 Å². The van der Waals surface area contributed by atoms with Crippen molar-refractivity contribution < 1.29 is 8.78 Å². The van der Waals surface area contributed by atoms with Crippen LogP contribution in [0.3, 0.4) is 0 Å². The summed E-state index contributed by atoms with van der Waals surface area (Å²) in [7, 11) is 0. The lowest BCUT2D eigenvalue weighted by molar-refractivity contribution is 0.151. The first-order valence-electron chi connectivity index (χ1n) is 5.98. The monoisotopic (exact) mass is 240 g/mol. The van der Waals surface area contributed by atoms with E-state index in [1.165, 1.54) is 12.1 Å². The highest BCUT2D eigenvalue weighted by Crippen LogP contribution is 2.19. The largest absolute Gasteiger partial charge is 0.312 e. The van der Waals surface area contributed by atoms with Crippen molar-refractivity contribution >= 4 is 0 Å². The lowest BCUT2D eigenvalue weighted by Crippen LogP contribution is -2.48. The molecule has 0 radical (unpaired) electrons. The number of piperazine rings is 1. The van der Waals surface area contributed by atoms with E-state index in [1.807, 2.05) is 0 Å². The molecule has 1 aromatic rings. The number of halogens is 2. The van der Waals surface area contributed by atoms with Crippen LogP contribution >= 0.6 is 0 Å². The van der Waals surface area contributed by atoms with Gasteiger partial charge in [0.25, 0.3) is 6.43 Å². The molecule has 1 saturated heterocycles. The molecule has 1 fully saturated rings. The average molecular weight is 240 g/mol. The standard InChI is InChI=1S/C13H18F2N2/c1-10-8-17(7-6-16-10)9-11-2-4-12(5-3-11)13(14)15/h2-5,10,13,16H,6-9H2,1H3/t10-/m0/s1. The van der Waals surface area contributed by atoms with Crippen molar-refractivity contribution in [3.8, 4) is 0 Å². The van der Waals surface area contributed by atoms with Crippen molar-refractivity contribution in [3.05, 3.63) is 35.4 Å². The Balaban J connectivity index is 1.94. The van der Waals surface area contributed by atoms with Crippen molar-refractivity contribution in [2.24, 2.45) is 0 Å². The fraction of sp³-hybridized carbons (Fsp3) is 0.538. The second-order valence-electron chi connectivity index (χ2n) is 4.63. The first kappa shape index (κ1) is 12.5. The van der Waals surface area contributed by atoms with Gasteiger partial charge < -0.3 is 5.32 Å². The predicted molar refractivity (Wildman–Crippen MR) is 64.1 cm³/mol. The summed E-state index contributed by atoms with van der Waals surface area (Å²) in [6.07, 6.45) is -2.37. The molecule has 0 aliphatic carbocycles. The number of hydrogen-bond acceptors (Lipinski definition) is 2. The second-order valence-corrected chi connectivity index (χ2v) is 4.63. The van der Waals surface area contributed by atoms with Crippen molar-refractivity contribution in [1.82, 2.24) is 10.2 Å². The summed E-state index contributed by atoms with van der Waals surface area (Å²) in [5.41, 5.74) is 1.20. The maximum atomic E-state index is 12.4. The molecule has 0 aromatic heterocycles. The van der Waals surface area contributed by atoms with Crippen LogP contribution in [0.4, 0.5) is 8.78 Å². The quantitative estimate of drug-likeness (QED) is 0.873. The zero-order valence-corrected chi connectivity index (χ0v) is 10.00. The van der Waals surface area contributed by atoms with Gasteiger partial charge in [-0.1, -0.05) is 24.3 Å². The van der Waals surface area contributed by atoms with Crippen LogP contribution in [-0.2, 0) is 6.54 Å². The average Bonchev–Trinajstić information content (AvgIpc) is 2.29. The Morgan fingerprint density at radius 1 is 1.35 bits per heavy atom. The summed E-state index contributed by atoms with van der Waals surface area (Å²) in [5, 5.41) is 3.38. The Hall–Kier alpha value is -1.00. The zero-order chi connectivity index (χ0) is 12.3. The Bertz CT molecular complexity index is 351. The van der Waals surface area contributed by atoms with E-state index in [9.17, 15) is 8.78 Å². The topological polar surface area (TPSA) is 15.3 Å². The second kappa shape index (κ2) is 5.56. The maximum absolute atomic E-state index is 12.4. The van der Waals surface area contributed by atoms with E-state index in [-0.39, 0.29) is 5.56 Å². The van der Waals surface area contributed by atoms with E-state index in [0.717, 1.165) is 31.7 Å². The molecule has 1 aromatic carbocycles. The summed E-state index contributed by atoms with van der Waals surface area (Å²) in [6, 6.07) is 7.14. The number of hydrogen-bond donors (Lipinski definition) is 1. The molecule has 1 aliphatic rings. The fourth-order valence-corrected chi connectivity index (χ4v) is 2.18. The lowest BCUT2D eigenvalue weighted by Gasteiger charge is -2.31. The van der Waals surface area contributed by atoms with E-state index in [1.54, 1.807) is 12.1 Å². The third kappa shape index (κ3) is 3.48. The highest BCUT2D eigenvalue weighted by molar-refractivity contribution is 5.23. The summed E-state index contributed by atoms with van der Waals surface area (Å²) in [4.78, 5) is 2.35. The first-order chi connectivity index (χ1) is 8.15. The third-order valence-electron chi connectivity index (χ3n) is 3.09. The number of nitrogens with zero attached hydrogens (tertiary/aromatic N) is 1. The molecule has 4 heteroatoms. The van der Waals surface area contributed by atoms with Crippen LogP contribution in [0, 0.1) is 0 Å². The number of rotatable bonds is 3. The van der Waals surface area contributed by atoms with Gasteiger partial charge in [-0.05, 0) is 12.5 Å². The molecule has 0 spiro atoms. The first-order valence-corrected chi connectivity index (χ1v) is 5.98. The summed E-state index contributed by atoms with van der Waals surface area (Å²) in [5.74, 6) is 0. The van der Waals surface area contributed by atoms with Gasteiger partial charge in [0, 0.05) is 37.8 Å². The van der Waals surface area contributed by atoms with Crippen LogP contribution in [0.2, 0.25) is 0 Å². The Labute approximate surface area is 101 Å². The van der Waals surface area contributed by atoms with Gasteiger partial charge in [0.2, 0.25) is 0 Å². The highest BCUT2D eigenvalue weighted by atomic mass is 19.3. The molecule has 2 nitrogen and oxygen atoms in total. The van der Waals surface area contributed by atoms with Gasteiger partial charge >= 0.3 is 0 Å². The van der Waals surface area contributed by atoms with Crippen molar-refractivity contribution in [1.29, 1.82) is 0 Å². The molecule has 94 valence electrons. The van der Waals surface area contributed by atoms with Gasteiger partial charge in [-0.15, -0.1) is 0 Å². The van der Waals surface area contributed by atoms with Crippen LogP contribution in [0.15, 0.2) is 24.3 Å². The van der Waals surface area contributed by atoms with Gasteiger partial charge in [-0.25, -0.2) is 8.78 Å². The van der Waals surface area contributed by atoms with Crippen LogP contribution < -0.4 is 5.32 Å². The van der Waals surface area contributed by atoms with Gasteiger partial charge in [0.15, 0.2) is 0 Å².